The fraction of sp³-hybridized carbons (Fsp3) is 0.419. The minimum Gasteiger partial charge on any atom is -0.748 e. The van der Waals surface area contributed by atoms with Gasteiger partial charge in [-0.1, -0.05) is 23.5 Å². The summed E-state index contributed by atoms with van der Waals surface area (Å²) in [4.78, 5) is 14.2. The Labute approximate surface area is 250 Å². The maximum absolute atomic E-state index is 12.2. The standard InChI is InChI=1S/C31H37N4O5S2/c1-20-8-10-26-23(15-20)33(13-6-14-42(37,38)39)29(40-26)17-22(3)18-30-34(24-16-21(2)9-11-27(24)41-30)12-5-4-7-25-31(36)35(25)19-28(35)32/h8-11,15-18,25,28H,4-7,12-14,19,32H2,1-3H3/q+1/p+1. The fourth-order valence-corrected chi connectivity index (χ4v) is 7.88. The van der Waals surface area contributed by atoms with E-state index in [4.69, 9.17) is 4.74 Å². The lowest BCUT2D eigenvalue weighted by atomic mass is 10.2. The van der Waals surface area contributed by atoms with Gasteiger partial charge < -0.3 is 19.9 Å². The number of unbranched alkanes of at least 4 members (excludes halogenated alkanes) is 1. The van der Waals surface area contributed by atoms with E-state index in [1.54, 1.807) is 11.3 Å². The molecule has 2 aromatic carbocycles. The highest BCUT2D eigenvalue weighted by atomic mass is 32.2. The van der Waals surface area contributed by atoms with Crippen molar-refractivity contribution in [3.05, 3.63) is 70.1 Å². The van der Waals surface area contributed by atoms with Crippen LogP contribution in [0.5, 0.6) is 5.75 Å². The van der Waals surface area contributed by atoms with Gasteiger partial charge in [-0.05, 0) is 68.5 Å². The molecule has 4 heterocycles. The van der Waals surface area contributed by atoms with Gasteiger partial charge in [-0.25, -0.2) is 13.2 Å². The number of rotatable bonds is 11. The number of allylic oxidation sites excluding steroid dienone is 2. The van der Waals surface area contributed by atoms with E-state index < -0.39 is 15.9 Å². The number of thiazole rings is 1. The number of aromatic nitrogens is 1. The first kappa shape index (κ1) is 29.0. The molecule has 222 valence electrons. The number of hydrogen-bond donors (Lipinski definition) is 1. The van der Waals surface area contributed by atoms with Crippen LogP contribution in [0.25, 0.3) is 16.3 Å². The van der Waals surface area contributed by atoms with E-state index in [1.807, 2.05) is 43.0 Å². The van der Waals surface area contributed by atoms with E-state index >= 15 is 0 Å². The number of carbonyl (C=O) groups is 1. The molecule has 2 saturated heterocycles. The maximum Gasteiger partial charge on any atom is 0.378 e. The Morgan fingerprint density at radius 2 is 1.93 bits per heavy atom. The second kappa shape index (κ2) is 10.9. The highest BCUT2D eigenvalue weighted by molar-refractivity contribution is 7.85. The molecule has 0 saturated carbocycles. The quantitative estimate of drug-likeness (QED) is 0.117. The smallest absolute Gasteiger partial charge is 0.378 e. The molecule has 11 heteroatoms. The third-order valence-corrected chi connectivity index (χ3v) is 10.5. The van der Waals surface area contributed by atoms with Crippen LogP contribution in [0.3, 0.4) is 0 Å². The van der Waals surface area contributed by atoms with Crippen molar-refractivity contribution in [1.29, 1.82) is 0 Å². The summed E-state index contributed by atoms with van der Waals surface area (Å²) in [5, 5.41) is 1.13. The van der Waals surface area contributed by atoms with Crippen molar-refractivity contribution in [2.45, 2.75) is 65.2 Å². The molecule has 0 radical (unpaired) electrons. The lowest BCUT2D eigenvalue weighted by Gasteiger charge is -2.19. The van der Waals surface area contributed by atoms with Crippen LogP contribution in [0, 0.1) is 13.8 Å². The van der Waals surface area contributed by atoms with E-state index in [-0.39, 0.29) is 18.6 Å². The summed E-state index contributed by atoms with van der Waals surface area (Å²) in [5.41, 5.74) is 9.44. The highest BCUT2D eigenvalue weighted by Crippen LogP contribution is 2.47. The maximum atomic E-state index is 12.2. The molecule has 3 N–H and O–H groups in total. The van der Waals surface area contributed by atoms with E-state index in [9.17, 15) is 17.8 Å². The number of benzene rings is 2. The van der Waals surface area contributed by atoms with Gasteiger partial charge in [-0.3, -0.25) is 0 Å². The van der Waals surface area contributed by atoms with E-state index in [1.165, 1.54) is 15.8 Å². The molecule has 3 atom stereocenters. The predicted molar refractivity (Wildman–Crippen MR) is 161 cm³/mol. The third-order valence-electron chi connectivity index (χ3n) is 8.57. The molecule has 9 nitrogen and oxygen atoms in total. The number of anilines is 1. The second-order valence-corrected chi connectivity index (χ2v) is 14.5. The third kappa shape index (κ3) is 5.63. The van der Waals surface area contributed by atoms with Gasteiger partial charge in [0.25, 0.3) is 11.2 Å². The summed E-state index contributed by atoms with van der Waals surface area (Å²) in [7, 11) is -4.29. The van der Waals surface area contributed by atoms with Gasteiger partial charge in [-0.15, -0.1) is 0 Å². The molecule has 1 spiro atoms. The number of fused-ring (bicyclic) bond motifs is 2. The van der Waals surface area contributed by atoms with Crippen LogP contribution in [0.2, 0.25) is 0 Å². The Morgan fingerprint density at radius 3 is 2.64 bits per heavy atom. The number of nitrogens with zero attached hydrogens (tertiary/aromatic N) is 3. The Balaban J connectivity index is 1.23. The Bertz CT molecular complexity index is 1750. The van der Waals surface area contributed by atoms with Crippen LogP contribution in [0.15, 0.2) is 53.9 Å². The molecule has 3 aliphatic heterocycles. The molecule has 3 aliphatic rings. The first-order valence-corrected chi connectivity index (χ1v) is 16.9. The molecule has 1 aromatic heterocycles. The zero-order chi connectivity index (χ0) is 29.8. The molecule has 2 fully saturated rings. The number of amides is 1. The number of ether oxygens (including phenoxy) is 1. The molecular weight excluding hydrogens is 572 g/mol. The van der Waals surface area contributed by atoms with E-state index in [0.717, 1.165) is 54.2 Å². The Morgan fingerprint density at radius 1 is 1.19 bits per heavy atom. The van der Waals surface area contributed by atoms with Crippen LogP contribution in [-0.2, 0) is 21.5 Å². The molecule has 0 bridgehead atoms. The summed E-state index contributed by atoms with van der Waals surface area (Å²) in [5.74, 6) is 1.28. The summed E-state index contributed by atoms with van der Waals surface area (Å²) >= 11 is 1.75. The van der Waals surface area contributed by atoms with Crippen molar-refractivity contribution in [2.75, 3.05) is 23.7 Å². The van der Waals surface area contributed by atoms with Gasteiger partial charge in [-0.2, -0.15) is 9.05 Å². The van der Waals surface area contributed by atoms with Gasteiger partial charge in [0.05, 0.1) is 15.8 Å². The van der Waals surface area contributed by atoms with E-state index in [0.29, 0.717) is 28.6 Å². The summed E-state index contributed by atoms with van der Waals surface area (Å²) in [6.45, 7) is 8.28. The van der Waals surface area contributed by atoms with E-state index in [2.05, 4.69) is 41.5 Å². The molecule has 3 unspecified atom stereocenters. The molecule has 6 rings (SSSR count). The first-order chi connectivity index (χ1) is 20.0. The zero-order valence-corrected chi connectivity index (χ0v) is 26.0. The van der Waals surface area contributed by atoms with Crippen molar-refractivity contribution >= 4 is 49.3 Å². The molecule has 42 heavy (non-hydrogen) atoms. The minimum absolute atomic E-state index is 0.170. The van der Waals surface area contributed by atoms with Crippen LogP contribution in [0.1, 0.15) is 48.7 Å². The highest BCUT2D eigenvalue weighted by Gasteiger charge is 2.84. The molecule has 0 aliphatic carbocycles. The van der Waals surface area contributed by atoms with Crippen molar-refractivity contribution in [3.63, 3.8) is 0 Å². The normalized spacial score (nSPS) is 24.1. The van der Waals surface area contributed by atoms with Gasteiger partial charge in [0, 0.05) is 43.4 Å². The minimum atomic E-state index is -4.29. The Kier molecular flexibility index (Phi) is 7.51. The first-order valence-electron chi connectivity index (χ1n) is 14.5. The van der Waals surface area contributed by atoms with Gasteiger partial charge in [0.1, 0.15) is 4.70 Å². The van der Waals surface area contributed by atoms with Gasteiger partial charge >= 0.3 is 5.91 Å². The number of carbonyl (C=O) groups excluding carboxylic acids is 1. The topological polar surface area (TPSA) is 118 Å². The Hall–Kier alpha value is -3.09. The number of hydrogen-bond acceptors (Lipinski definition) is 7. The number of aryl methyl sites for hydroxylation is 3. The summed E-state index contributed by atoms with van der Waals surface area (Å²) in [6, 6.07) is 12.6. The lowest BCUT2D eigenvalue weighted by Crippen LogP contribution is -2.56. The van der Waals surface area contributed by atoms with Crippen LogP contribution < -0.4 is 19.9 Å². The fourth-order valence-electron chi connectivity index (χ4n) is 6.22. The average Bonchev–Trinajstić information content (AvgIpc) is 3.61. The van der Waals surface area contributed by atoms with Crippen LogP contribution in [-0.4, -0.2) is 54.4 Å². The van der Waals surface area contributed by atoms with Crippen LogP contribution >= 0.6 is 11.3 Å². The predicted octanol–water partition coefficient (Wildman–Crippen LogP) is 3.36. The van der Waals surface area contributed by atoms with Crippen molar-refractivity contribution in [1.82, 2.24) is 0 Å². The monoisotopic (exact) mass is 610 g/mol. The summed E-state index contributed by atoms with van der Waals surface area (Å²) < 4.78 is 44.1. The van der Waals surface area contributed by atoms with Gasteiger partial charge in [0.2, 0.25) is 17.4 Å². The van der Waals surface area contributed by atoms with Crippen LogP contribution in [0.4, 0.5) is 5.69 Å². The summed E-state index contributed by atoms with van der Waals surface area (Å²) in [6.07, 6.45) is 7.55. The molecule has 1 amide bonds. The van der Waals surface area contributed by atoms with Crippen molar-refractivity contribution in [2.24, 2.45) is 0 Å². The molecule has 3 aromatic rings. The number of quaternary nitrogens is 2. The van der Waals surface area contributed by atoms with Gasteiger partial charge in [0.15, 0.2) is 18.8 Å². The van der Waals surface area contributed by atoms with Crippen molar-refractivity contribution in [3.8, 4) is 5.75 Å². The zero-order valence-electron chi connectivity index (χ0n) is 24.3. The second-order valence-electron chi connectivity index (χ2n) is 11.9. The van der Waals surface area contributed by atoms with Crippen molar-refractivity contribution < 1.29 is 37.3 Å². The largest absolute Gasteiger partial charge is 0.748 e. The molecular formula is C31H38N4O5S2+2. The average molecular weight is 611 g/mol. The SMILES string of the molecule is CC(=Cc1sc2ccc(C)cc2[n+]1CCCCC1C(=O)[N+]12CC2[NH3+])C=C1Oc2ccc(C)cc2N1CCCS(=O)(=O)[O-]. The lowest BCUT2D eigenvalue weighted by molar-refractivity contribution is -0.727.